The molecule has 0 atom stereocenters. The number of carboxylic acids is 1. The van der Waals surface area contributed by atoms with Gasteiger partial charge < -0.3 is 14.9 Å². The summed E-state index contributed by atoms with van der Waals surface area (Å²) >= 11 is 0. The van der Waals surface area contributed by atoms with Crippen molar-refractivity contribution in [1.82, 2.24) is 10.5 Å². The third-order valence-electron chi connectivity index (χ3n) is 7.82. The molecule has 1 heterocycles. The lowest BCUT2D eigenvalue weighted by Crippen LogP contribution is -2.36. The summed E-state index contributed by atoms with van der Waals surface area (Å²) < 4.78 is 5.65. The van der Waals surface area contributed by atoms with Crippen molar-refractivity contribution in [2.24, 2.45) is 0 Å². The monoisotopic (exact) mass is 492 g/mol. The van der Waals surface area contributed by atoms with Gasteiger partial charge >= 0.3 is 5.97 Å². The van der Waals surface area contributed by atoms with Crippen LogP contribution in [0.25, 0.3) is 22.5 Å². The highest BCUT2D eigenvalue weighted by Crippen LogP contribution is 2.48. The topological polar surface area (TPSA) is 92.4 Å². The summed E-state index contributed by atoms with van der Waals surface area (Å²) in [5, 5.41) is 16.9. The number of amides is 1. The van der Waals surface area contributed by atoms with Crippen LogP contribution in [-0.2, 0) is 34.3 Å². The highest BCUT2D eigenvalue weighted by atomic mass is 16.5. The van der Waals surface area contributed by atoms with Gasteiger partial charge in [0, 0.05) is 17.2 Å². The number of hydrogen-bond acceptors (Lipinski definition) is 4. The van der Waals surface area contributed by atoms with Gasteiger partial charge in [-0.1, -0.05) is 78.0 Å². The quantitative estimate of drug-likeness (QED) is 0.367. The van der Waals surface area contributed by atoms with Gasteiger partial charge in [-0.2, -0.15) is 0 Å². The summed E-state index contributed by atoms with van der Waals surface area (Å²) in [5.41, 5.74) is 7.19. The number of hydrogen-bond donors (Lipinski definition) is 2. The highest BCUT2D eigenvalue weighted by molar-refractivity contribution is 5.85. The summed E-state index contributed by atoms with van der Waals surface area (Å²) in [4.78, 5) is 24.5. The standard InChI is InChI=1S/C31H28N2O4/c1-19-27(18-28(34)32-26-16-23-4-2-3-5-24(23)17-26)29(37-33-19)22-8-6-20(7-9-22)21-10-12-25(13-11-21)31(14-15-31)30(35)36/h2-13,26H,14-18H2,1H3,(H,32,34)(H,35,36). The van der Waals surface area contributed by atoms with Crippen molar-refractivity contribution in [3.63, 3.8) is 0 Å². The average Bonchev–Trinajstić information content (AvgIpc) is 3.52. The van der Waals surface area contributed by atoms with E-state index in [1.165, 1.54) is 11.1 Å². The second kappa shape index (κ2) is 9.04. The smallest absolute Gasteiger partial charge is 0.314 e. The first kappa shape index (κ1) is 23.2. The van der Waals surface area contributed by atoms with Gasteiger partial charge in [-0.15, -0.1) is 0 Å². The van der Waals surface area contributed by atoms with Gasteiger partial charge in [-0.25, -0.2) is 0 Å². The fourth-order valence-corrected chi connectivity index (χ4v) is 5.47. The Morgan fingerprint density at radius 1 is 0.919 bits per heavy atom. The van der Waals surface area contributed by atoms with E-state index in [4.69, 9.17) is 4.52 Å². The van der Waals surface area contributed by atoms with Gasteiger partial charge in [0.2, 0.25) is 5.91 Å². The van der Waals surface area contributed by atoms with Crippen LogP contribution < -0.4 is 5.32 Å². The van der Waals surface area contributed by atoms with Crippen LogP contribution >= 0.6 is 0 Å². The van der Waals surface area contributed by atoms with E-state index >= 15 is 0 Å². The molecule has 2 aliphatic rings. The lowest BCUT2D eigenvalue weighted by molar-refractivity contribution is -0.140. The molecule has 0 spiro atoms. The summed E-state index contributed by atoms with van der Waals surface area (Å²) in [7, 11) is 0. The Labute approximate surface area is 215 Å². The zero-order valence-electron chi connectivity index (χ0n) is 20.7. The van der Waals surface area contributed by atoms with Crippen molar-refractivity contribution in [2.75, 3.05) is 0 Å². The molecular weight excluding hydrogens is 464 g/mol. The fraction of sp³-hybridized carbons (Fsp3) is 0.258. The Bertz CT molecular complexity index is 1460. The van der Waals surface area contributed by atoms with E-state index in [-0.39, 0.29) is 18.4 Å². The number of aryl methyl sites for hydroxylation is 1. The van der Waals surface area contributed by atoms with Gasteiger partial charge in [0.25, 0.3) is 0 Å². The molecule has 6 heteroatoms. The predicted octanol–water partition coefficient (Wildman–Crippen LogP) is 5.26. The van der Waals surface area contributed by atoms with Crippen LogP contribution in [0.5, 0.6) is 0 Å². The first-order valence-electron chi connectivity index (χ1n) is 12.7. The number of rotatable bonds is 7. The molecule has 2 N–H and O–H groups in total. The minimum absolute atomic E-state index is 0.0307. The molecule has 0 aliphatic heterocycles. The van der Waals surface area contributed by atoms with Crippen LogP contribution in [0.4, 0.5) is 0 Å². The Balaban J connectivity index is 1.15. The van der Waals surface area contributed by atoms with E-state index in [1.807, 2.05) is 67.6 Å². The molecule has 1 amide bonds. The number of aromatic nitrogens is 1. The van der Waals surface area contributed by atoms with Gasteiger partial charge in [0.15, 0.2) is 5.76 Å². The molecule has 6 nitrogen and oxygen atoms in total. The van der Waals surface area contributed by atoms with Gasteiger partial charge in [-0.3, -0.25) is 9.59 Å². The van der Waals surface area contributed by atoms with Crippen molar-refractivity contribution in [2.45, 2.75) is 50.5 Å². The van der Waals surface area contributed by atoms with Crippen LogP contribution in [-0.4, -0.2) is 28.2 Å². The Morgan fingerprint density at radius 3 is 2.05 bits per heavy atom. The van der Waals surface area contributed by atoms with Crippen LogP contribution in [0.2, 0.25) is 0 Å². The van der Waals surface area contributed by atoms with Crippen LogP contribution in [0.15, 0.2) is 77.3 Å². The normalized spacial score (nSPS) is 15.8. The number of nitrogens with one attached hydrogen (secondary N) is 1. The number of benzene rings is 3. The first-order valence-corrected chi connectivity index (χ1v) is 12.7. The number of carbonyl (C=O) groups excluding carboxylic acids is 1. The third kappa shape index (κ3) is 4.33. The van der Waals surface area contributed by atoms with Crippen molar-refractivity contribution in [3.05, 3.63) is 101 Å². The van der Waals surface area contributed by atoms with E-state index < -0.39 is 11.4 Å². The SMILES string of the molecule is Cc1noc(-c2ccc(-c3ccc(C4(C(=O)O)CC4)cc3)cc2)c1CC(=O)NC1Cc2ccccc2C1. The van der Waals surface area contributed by atoms with Gasteiger partial charge in [0.05, 0.1) is 17.5 Å². The van der Waals surface area contributed by atoms with E-state index in [1.54, 1.807) is 0 Å². The number of nitrogens with zero attached hydrogens (tertiary/aromatic N) is 1. The van der Waals surface area contributed by atoms with E-state index in [0.717, 1.165) is 40.7 Å². The van der Waals surface area contributed by atoms with Crippen molar-refractivity contribution in [3.8, 4) is 22.5 Å². The average molecular weight is 493 g/mol. The molecule has 186 valence electrons. The molecule has 1 aromatic heterocycles. The molecule has 37 heavy (non-hydrogen) atoms. The highest BCUT2D eigenvalue weighted by Gasteiger charge is 2.51. The molecule has 0 bridgehead atoms. The van der Waals surface area contributed by atoms with Crippen molar-refractivity contribution >= 4 is 11.9 Å². The number of carboxylic acid groups (broad SMARTS) is 1. The molecule has 2 aliphatic carbocycles. The van der Waals surface area contributed by atoms with E-state index in [9.17, 15) is 14.7 Å². The zero-order valence-corrected chi connectivity index (χ0v) is 20.7. The maximum atomic E-state index is 12.9. The number of carbonyl (C=O) groups is 2. The maximum absolute atomic E-state index is 12.9. The van der Waals surface area contributed by atoms with Crippen LogP contribution in [0, 0.1) is 6.92 Å². The second-order valence-electron chi connectivity index (χ2n) is 10.2. The largest absolute Gasteiger partial charge is 0.481 e. The molecule has 4 aromatic rings. The van der Waals surface area contributed by atoms with Crippen LogP contribution in [0.1, 0.15) is 40.8 Å². The Hall–Kier alpha value is -4.19. The summed E-state index contributed by atoms with van der Waals surface area (Å²) in [6, 6.07) is 24.2. The van der Waals surface area contributed by atoms with Crippen molar-refractivity contribution in [1.29, 1.82) is 0 Å². The van der Waals surface area contributed by atoms with E-state index in [2.05, 4.69) is 22.6 Å². The minimum Gasteiger partial charge on any atom is -0.481 e. The zero-order chi connectivity index (χ0) is 25.6. The Morgan fingerprint density at radius 2 is 1.49 bits per heavy atom. The molecular formula is C31H28N2O4. The molecule has 0 radical (unpaired) electrons. The maximum Gasteiger partial charge on any atom is 0.314 e. The third-order valence-corrected chi connectivity index (χ3v) is 7.82. The predicted molar refractivity (Wildman–Crippen MR) is 140 cm³/mol. The van der Waals surface area contributed by atoms with Gasteiger partial charge in [-0.05, 0) is 60.4 Å². The van der Waals surface area contributed by atoms with E-state index in [0.29, 0.717) is 24.3 Å². The van der Waals surface area contributed by atoms with Crippen molar-refractivity contribution < 1.29 is 19.2 Å². The molecule has 1 fully saturated rings. The number of fused-ring (bicyclic) bond motifs is 1. The molecule has 3 aromatic carbocycles. The minimum atomic E-state index is -0.746. The lowest BCUT2D eigenvalue weighted by Gasteiger charge is -2.12. The molecule has 1 saturated carbocycles. The number of aliphatic carboxylic acids is 1. The molecule has 6 rings (SSSR count). The van der Waals surface area contributed by atoms with Crippen LogP contribution in [0.3, 0.4) is 0 Å². The summed E-state index contributed by atoms with van der Waals surface area (Å²) in [6.07, 6.45) is 3.32. The van der Waals surface area contributed by atoms with Gasteiger partial charge in [0.1, 0.15) is 0 Å². The summed E-state index contributed by atoms with van der Waals surface area (Å²) in [6.45, 7) is 1.86. The fourth-order valence-electron chi connectivity index (χ4n) is 5.47. The molecule has 0 unspecified atom stereocenters. The lowest BCUT2D eigenvalue weighted by atomic mass is 9.93. The summed E-state index contributed by atoms with van der Waals surface area (Å²) in [5.74, 6) is -0.164. The first-order chi connectivity index (χ1) is 17.9. The Kier molecular flexibility index (Phi) is 5.67. The second-order valence-corrected chi connectivity index (χ2v) is 10.2. The molecule has 0 saturated heterocycles.